The first-order valence-corrected chi connectivity index (χ1v) is 8.35. The molecule has 1 unspecified atom stereocenters. The maximum absolute atomic E-state index is 12.5. The highest BCUT2D eigenvalue weighted by molar-refractivity contribution is 5.92. The van der Waals surface area contributed by atoms with Crippen LogP contribution >= 0.6 is 0 Å². The maximum Gasteiger partial charge on any atom is 0.272 e. The van der Waals surface area contributed by atoms with E-state index in [9.17, 15) is 9.59 Å². The molecule has 0 bridgehead atoms. The first-order chi connectivity index (χ1) is 11.7. The first kappa shape index (κ1) is 16.2. The third kappa shape index (κ3) is 3.64. The summed E-state index contributed by atoms with van der Waals surface area (Å²) in [4.78, 5) is 26.3. The van der Waals surface area contributed by atoms with Crippen molar-refractivity contribution in [3.05, 3.63) is 53.3 Å². The van der Waals surface area contributed by atoms with E-state index in [0.717, 1.165) is 30.6 Å². The molecule has 2 amide bonds. The van der Waals surface area contributed by atoms with Crippen molar-refractivity contribution in [3.8, 4) is 0 Å². The Labute approximate surface area is 141 Å². The van der Waals surface area contributed by atoms with Crippen molar-refractivity contribution >= 4 is 11.8 Å². The average Bonchev–Trinajstić information content (AvgIpc) is 3.24. The second-order valence-electron chi connectivity index (χ2n) is 6.01. The van der Waals surface area contributed by atoms with Crippen molar-refractivity contribution in [2.24, 2.45) is 0 Å². The number of carbonyl (C=O) groups is 2. The van der Waals surface area contributed by atoms with Gasteiger partial charge in [-0.1, -0.05) is 37.3 Å². The molecule has 126 valence electrons. The molecule has 0 spiro atoms. The molecule has 1 atom stereocenters. The fourth-order valence-electron chi connectivity index (χ4n) is 2.93. The summed E-state index contributed by atoms with van der Waals surface area (Å²) < 4.78 is 0. The number of nitrogens with zero attached hydrogens (tertiary/aromatic N) is 2. The number of amides is 2. The first-order valence-electron chi connectivity index (χ1n) is 8.35. The van der Waals surface area contributed by atoms with Crippen LogP contribution in [0.5, 0.6) is 0 Å². The molecular formula is C18H22N4O2. The number of carbonyl (C=O) groups excluding carboxylic acids is 2. The molecule has 3 rings (SSSR count). The number of aromatic amines is 1. The third-order valence-corrected chi connectivity index (χ3v) is 4.33. The minimum Gasteiger partial charge on any atom is -0.342 e. The van der Waals surface area contributed by atoms with E-state index in [0.29, 0.717) is 18.7 Å². The molecule has 1 aliphatic heterocycles. The minimum atomic E-state index is -0.248. The average molecular weight is 326 g/mol. The predicted molar refractivity (Wildman–Crippen MR) is 90.4 cm³/mol. The smallest absolute Gasteiger partial charge is 0.272 e. The summed E-state index contributed by atoms with van der Waals surface area (Å²) in [5, 5.41) is 9.94. The Hall–Kier alpha value is -2.63. The lowest BCUT2D eigenvalue weighted by molar-refractivity contribution is -0.128. The number of benzene rings is 1. The molecule has 2 heterocycles. The number of hydrogen-bond acceptors (Lipinski definition) is 3. The van der Waals surface area contributed by atoms with Crippen molar-refractivity contribution in [1.29, 1.82) is 0 Å². The van der Waals surface area contributed by atoms with Gasteiger partial charge in [-0.05, 0) is 24.5 Å². The molecule has 0 radical (unpaired) electrons. The topological polar surface area (TPSA) is 78.1 Å². The fourth-order valence-corrected chi connectivity index (χ4v) is 2.93. The molecule has 1 aromatic heterocycles. The van der Waals surface area contributed by atoms with Gasteiger partial charge in [-0.2, -0.15) is 5.10 Å². The van der Waals surface area contributed by atoms with E-state index >= 15 is 0 Å². The summed E-state index contributed by atoms with van der Waals surface area (Å²) in [6, 6.07) is 11.3. The van der Waals surface area contributed by atoms with Gasteiger partial charge in [0.05, 0.1) is 6.04 Å². The Morgan fingerprint density at radius 3 is 2.79 bits per heavy atom. The summed E-state index contributed by atoms with van der Waals surface area (Å²) in [7, 11) is 0. The lowest BCUT2D eigenvalue weighted by Gasteiger charge is -2.25. The highest BCUT2D eigenvalue weighted by Gasteiger charge is 2.26. The van der Waals surface area contributed by atoms with Gasteiger partial charge in [0, 0.05) is 25.2 Å². The third-order valence-electron chi connectivity index (χ3n) is 4.33. The zero-order valence-corrected chi connectivity index (χ0v) is 13.8. The standard InChI is InChI=1S/C18H22N4O2/c1-2-14-11-15(21-20-14)18(24)19-16(13-7-4-3-5-8-13)12-22-10-6-9-17(22)23/h3-5,7-8,11,16H,2,6,9-10,12H2,1H3,(H,19,24)(H,20,21). The molecule has 6 heteroatoms. The lowest BCUT2D eigenvalue weighted by atomic mass is 10.1. The normalized spacial score (nSPS) is 15.5. The van der Waals surface area contributed by atoms with E-state index in [1.54, 1.807) is 6.07 Å². The lowest BCUT2D eigenvalue weighted by Crippen LogP contribution is -2.38. The monoisotopic (exact) mass is 326 g/mol. The second-order valence-corrected chi connectivity index (χ2v) is 6.01. The van der Waals surface area contributed by atoms with Crippen LogP contribution in [0.3, 0.4) is 0 Å². The molecule has 0 saturated carbocycles. The van der Waals surface area contributed by atoms with Crippen molar-refractivity contribution < 1.29 is 9.59 Å². The molecule has 1 aliphatic rings. The van der Waals surface area contributed by atoms with E-state index in [4.69, 9.17) is 0 Å². The fraction of sp³-hybridized carbons (Fsp3) is 0.389. The van der Waals surface area contributed by atoms with Gasteiger partial charge in [0.1, 0.15) is 5.69 Å². The number of H-pyrrole nitrogens is 1. The Bertz CT molecular complexity index is 711. The van der Waals surface area contributed by atoms with Crippen LogP contribution in [-0.4, -0.2) is 40.0 Å². The van der Waals surface area contributed by atoms with Gasteiger partial charge in [0.25, 0.3) is 5.91 Å². The van der Waals surface area contributed by atoms with Gasteiger partial charge in [0.2, 0.25) is 5.91 Å². The number of rotatable bonds is 6. The zero-order chi connectivity index (χ0) is 16.9. The SMILES string of the molecule is CCc1cc(C(=O)NC(CN2CCCC2=O)c2ccccc2)n[nH]1. The summed E-state index contributed by atoms with van der Waals surface area (Å²) >= 11 is 0. The summed E-state index contributed by atoms with van der Waals surface area (Å²) in [6.45, 7) is 3.24. The second kappa shape index (κ2) is 7.29. The van der Waals surface area contributed by atoms with Crippen LogP contribution in [0.2, 0.25) is 0 Å². The predicted octanol–water partition coefficient (Wildman–Crippen LogP) is 2.07. The van der Waals surface area contributed by atoms with Crippen molar-refractivity contribution in [3.63, 3.8) is 0 Å². The largest absolute Gasteiger partial charge is 0.342 e. The Kier molecular flexibility index (Phi) is 4.93. The number of likely N-dealkylation sites (tertiary alicyclic amines) is 1. The van der Waals surface area contributed by atoms with E-state index in [2.05, 4.69) is 15.5 Å². The molecule has 2 N–H and O–H groups in total. The highest BCUT2D eigenvalue weighted by Crippen LogP contribution is 2.19. The van der Waals surface area contributed by atoms with Gasteiger partial charge in [-0.3, -0.25) is 14.7 Å². The van der Waals surface area contributed by atoms with E-state index in [1.807, 2.05) is 42.2 Å². The van der Waals surface area contributed by atoms with E-state index < -0.39 is 0 Å². The number of hydrogen-bond donors (Lipinski definition) is 2. The van der Waals surface area contributed by atoms with Crippen LogP contribution in [0.4, 0.5) is 0 Å². The van der Waals surface area contributed by atoms with Crippen LogP contribution < -0.4 is 5.32 Å². The van der Waals surface area contributed by atoms with E-state index in [1.165, 1.54) is 0 Å². The quantitative estimate of drug-likeness (QED) is 0.853. The van der Waals surface area contributed by atoms with Crippen LogP contribution in [0.15, 0.2) is 36.4 Å². The highest BCUT2D eigenvalue weighted by atomic mass is 16.2. The van der Waals surface area contributed by atoms with Gasteiger partial charge >= 0.3 is 0 Å². The molecular weight excluding hydrogens is 304 g/mol. The molecule has 24 heavy (non-hydrogen) atoms. The number of aryl methyl sites for hydroxylation is 1. The molecule has 6 nitrogen and oxygen atoms in total. The van der Waals surface area contributed by atoms with Crippen molar-refractivity contribution in [2.75, 3.05) is 13.1 Å². The number of nitrogens with one attached hydrogen (secondary N) is 2. The zero-order valence-electron chi connectivity index (χ0n) is 13.8. The number of aromatic nitrogens is 2. The molecule has 1 saturated heterocycles. The van der Waals surface area contributed by atoms with E-state index in [-0.39, 0.29) is 17.9 Å². The van der Waals surface area contributed by atoms with Crippen molar-refractivity contribution in [1.82, 2.24) is 20.4 Å². The Balaban J connectivity index is 1.76. The summed E-state index contributed by atoms with van der Waals surface area (Å²) in [5.74, 6) is -0.0790. The Morgan fingerprint density at radius 2 is 2.17 bits per heavy atom. The van der Waals surface area contributed by atoms with Crippen LogP contribution in [0, 0.1) is 0 Å². The molecule has 1 fully saturated rings. The summed E-state index contributed by atoms with van der Waals surface area (Å²) in [5.41, 5.74) is 2.28. The van der Waals surface area contributed by atoms with Gasteiger partial charge in [0.15, 0.2) is 0 Å². The summed E-state index contributed by atoms with van der Waals surface area (Å²) in [6.07, 6.45) is 2.27. The molecule has 0 aliphatic carbocycles. The maximum atomic E-state index is 12.5. The van der Waals surface area contributed by atoms with Crippen LogP contribution in [0.1, 0.15) is 47.6 Å². The van der Waals surface area contributed by atoms with Crippen LogP contribution in [-0.2, 0) is 11.2 Å². The molecule has 1 aromatic carbocycles. The van der Waals surface area contributed by atoms with Gasteiger partial charge < -0.3 is 10.2 Å². The van der Waals surface area contributed by atoms with Crippen molar-refractivity contribution in [2.45, 2.75) is 32.2 Å². The Morgan fingerprint density at radius 1 is 1.38 bits per heavy atom. The van der Waals surface area contributed by atoms with Gasteiger partial charge in [-0.25, -0.2) is 0 Å². The van der Waals surface area contributed by atoms with Crippen LogP contribution in [0.25, 0.3) is 0 Å². The van der Waals surface area contributed by atoms with Gasteiger partial charge in [-0.15, -0.1) is 0 Å². The minimum absolute atomic E-state index is 0.151. The molecule has 2 aromatic rings.